The number of hydrogen-bond donors (Lipinski definition) is 0. The van der Waals surface area contributed by atoms with E-state index in [2.05, 4.69) is 26.0 Å². The number of thioether (sulfide) groups is 1. The minimum Gasteiger partial charge on any atom is -0.192 e. The Bertz CT molecular complexity index is 552. The highest BCUT2D eigenvalue weighted by molar-refractivity contribution is 8.00. The van der Waals surface area contributed by atoms with E-state index >= 15 is 0 Å². The van der Waals surface area contributed by atoms with E-state index < -0.39 is 0 Å². The van der Waals surface area contributed by atoms with E-state index in [9.17, 15) is 0 Å². The largest absolute Gasteiger partial charge is 0.192 e. The van der Waals surface area contributed by atoms with Gasteiger partial charge in [-0.1, -0.05) is 38.1 Å². The van der Waals surface area contributed by atoms with Crippen LogP contribution in [0.4, 0.5) is 0 Å². The monoisotopic (exact) mass is 227 g/mol. The normalized spacial score (nSPS) is 10.6. The van der Waals surface area contributed by atoms with Crippen LogP contribution in [0.2, 0.25) is 0 Å². The average Bonchev–Trinajstić information content (AvgIpc) is 2.29. The molecule has 0 spiro atoms. The van der Waals surface area contributed by atoms with Gasteiger partial charge in [-0.05, 0) is 17.5 Å². The second-order valence-corrected chi connectivity index (χ2v) is 5.55. The highest BCUT2D eigenvalue weighted by atomic mass is 32.2. The molecule has 2 aromatic carbocycles. The molecule has 0 fully saturated rings. The molecule has 0 aliphatic heterocycles. The zero-order chi connectivity index (χ0) is 11.5. The van der Waals surface area contributed by atoms with Crippen molar-refractivity contribution in [2.45, 2.75) is 24.0 Å². The van der Waals surface area contributed by atoms with Crippen LogP contribution in [0.3, 0.4) is 0 Å². The molecule has 0 aromatic heterocycles. The number of nitriles is 1. The van der Waals surface area contributed by atoms with E-state index in [0.29, 0.717) is 5.25 Å². The molecule has 2 aromatic rings. The Morgan fingerprint density at radius 3 is 2.38 bits per heavy atom. The molecule has 80 valence electrons. The van der Waals surface area contributed by atoms with Crippen LogP contribution in [0.1, 0.15) is 19.4 Å². The van der Waals surface area contributed by atoms with Gasteiger partial charge in [0, 0.05) is 15.5 Å². The van der Waals surface area contributed by atoms with E-state index in [1.165, 1.54) is 10.3 Å². The average molecular weight is 227 g/mol. The summed E-state index contributed by atoms with van der Waals surface area (Å²) >= 11 is 1.84. The standard InChI is InChI=1S/C14H13NS/c1-10(2)16-14-8-7-11(9-15)12-5-3-4-6-13(12)14/h3-8,10H,1-2H3. The minimum atomic E-state index is 0.552. The summed E-state index contributed by atoms with van der Waals surface area (Å²) in [5, 5.41) is 11.8. The van der Waals surface area contributed by atoms with Crippen molar-refractivity contribution in [3.63, 3.8) is 0 Å². The summed E-state index contributed by atoms with van der Waals surface area (Å²) in [5.74, 6) is 0. The number of fused-ring (bicyclic) bond motifs is 1. The first-order chi connectivity index (χ1) is 7.72. The molecule has 0 aliphatic rings. The predicted molar refractivity (Wildman–Crippen MR) is 69.7 cm³/mol. The van der Waals surface area contributed by atoms with Crippen LogP contribution in [-0.4, -0.2) is 5.25 Å². The number of rotatable bonds is 2. The second-order valence-electron chi connectivity index (χ2n) is 3.94. The zero-order valence-electron chi connectivity index (χ0n) is 9.40. The van der Waals surface area contributed by atoms with Gasteiger partial charge >= 0.3 is 0 Å². The molecule has 2 heteroatoms. The number of hydrogen-bond acceptors (Lipinski definition) is 2. The number of benzene rings is 2. The van der Waals surface area contributed by atoms with Crippen LogP contribution in [0.15, 0.2) is 41.3 Å². The second kappa shape index (κ2) is 4.59. The Morgan fingerprint density at radius 2 is 1.75 bits per heavy atom. The van der Waals surface area contributed by atoms with E-state index in [4.69, 9.17) is 5.26 Å². The lowest BCUT2D eigenvalue weighted by molar-refractivity contribution is 1.11. The molecule has 0 aliphatic carbocycles. The molecule has 0 saturated carbocycles. The Kier molecular flexibility index (Phi) is 3.17. The maximum absolute atomic E-state index is 9.05. The molecule has 1 nitrogen and oxygen atoms in total. The summed E-state index contributed by atoms with van der Waals surface area (Å²) < 4.78 is 0. The van der Waals surface area contributed by atoms with Crippen molar-refractivity contribution in [3.8, 4) is 6.07 Å². The first-order valence-electron chi connectivity index (χ1n) is 5.31. The van der Waals surface area contributed by atoms with Crippen LogP contribution in [0.5, 0.6) is 0 Å². The van der Waals surface area contributed by atoms with E-state index in [1.54, 1.807) is 0 Å². The quantitative estimate of drug-likeness (QED) is 0.717. The van der Waals surface area contributed by atoms with Crippen LogP contribution >= 0.6 is 11.8 Å². The van der Waals surface area contributed by atoms with Gasteiger partial charge in [0.25, 0.3) is 0 Å². The van der Waals surface area contributed by atoms with Crippen LogP contribution in [-0.2, 0) is 0 Å². The highest BCUT2D eigenvalue weighted by Crippen LogP contribution is 2.32. The van der Waals surface area contributed by atoms with Gasteiger partial charge in [0.15, 0.2) is 0 Å². The third kappa shape index (κ3) is 2.05. The molecule has 16 heavy (non-hydrogen) atoms. The van der Waals surface area contributed by atoms with Crippen LogP contribution in [0.25, 0.3) is 10.8 Å². The molecular weight excluding hydrogens is 214 g/mol. The van der Waals surface area contributed by atoms with Gasteiger partial charge in [0.1, 0.15) is 0 Å². The summed E-state index contributed by atoms with van der Waals surface area (Å²) in [5.41, 5.74) is 0.753. The summed E-state index contributed by atoms with van der Waals surface area (Å²) in [6.07, 6.45) is 0. The fourth-order valence-electron chi connectivity index (χ4n) is 1.73. The topological polar surface area (TPSA) is 23.8 Å². The van der Waals surface area contributed by atoms with E-state index in [1.807, 2.05) is 42.1 Å². The lowest BCUT2D eigenvalue weighted by Crippen LogP contribution is -1.88. The Labute approximate surface area is 100 Å². The predicted octanol–water partition coefficient (Wildman–Crippen LogP) is 4.21. The maximum atomic E-state index is 9.05. The van der Waals surface area contributed by atoms with Crippen LogP contribution in [0, 0.1) is 11.3 Å². The third-order valence-corrected chi connectivity index (χ3v) is 3.45. The van der Waals surface area contributed by atoms with Crippen molar-refractivity contribution in [3.05, 3.63) is 42.0 Å². The first-order valence-corrected chi connectivity index (χ1v) is 6.19. The van der Waals surface area contributed by atoms with Gasteiger partial charge in [0.05, 0.1) is 11.6 Å². The Hall–Kier alpha value is -1.46. The first kappa shape index (κ1) is 11.0. The van der Waals surface area contributed by atoms with Crippen molar-refractivity contribution >= 4 is 22.5 Å². The molecule has 2 rings (SSSR count). The van der Waals surface area contributed by atoms with Gasteiger partial charge in [-0.25, -0.2) is 0 Å². The molecule has 0 unspecified atom stereocenters. The fourth-order valence-corrected chi connectivity index (χ4v) is 2.69. The molecule has 0 heterocycles. The van der Waals surface area contributed by atoms with Crippen molar-refractivity contribution in [2.24, 2.45) is 0 Å². The molecule has 0 bridgehead atoms. The van der Waals surface area contributed by atoms with Gasteiger partial charge in [-0.2, -0.15) is 5.26 Å². The van der Waals surface area contributed by atoms with Crippen molar-refractivity contribution < 1.29 is 0 Å². The van der Waals surface area contributed by atoms with Crippen molar-refractivity contribution in [1.29, 1.82) is 5.26 Å². The molecule has 0 radical (unpaired) electrons. The summed E-state index contributed by atoms with van der Waals surface area (Å²) in [6.45, 7) is 4.36. The van der Waals surface area contributed by atoms with Crippen molar-refractivity contribution in [2.75, 3.05) is 0 Å². The van der Waals surface area contributed by atoms with E-state index in [-0.39, 0.29) is 0 Å². The lowest BCUT2D eigenvalue weighted by Gasteiger charge is -2.09. The molecule has 0 amide bonds. The van der Waals surface area contributed by atoms with Crippen LogP contribution < -0.4 is 0 Å². The summed E-state index contributed by atoms with van der Waals surface area (Å²) in [4.78, 5) is 1.25. The smallest absolute Gasteiger partial charge is 0.0998 e. The van der Waals surface area contributed by atoms with Gasteiger partial charge in [0.2, 0.25) is 0 Å². The van der Waals surface area contributed by atoms with Gasteiger partial charge in [-0.3, -0.25) is 0 Å². The molecular formula is C14H13NS. The SMILES string of the molecule is CC(C)Sc1ccc(C#N)c2ccccc12. The Morgan fingerprint density at radius 1 is 1.06 bits per heavy atom. The lowest BCUT2D eigenvalue weighted by atomic mass is 10.1. The third-order valence-electron chi connectivity index (χ3n) is 2.37. The molecule has 0 N–H and O–H groups in total. The highest BCUT2D eigenvalue weighted by Gasteiger charge is 2.06. The molecule has 0 saturated heterocycles. The minimum absolute atomic E-state index is 0.552. The van der Waals surface area contributed by atoms with Gasteiger partial charge < -0.3 is 0 Å². The van der Waals surface area contributed by atoms with Crippen molar-refractivity contribution in [1.82, 2.24) is 0 Å². The summed E-state index contributed by atoms with van der Waals surface area (Å²) in [7, 11) is 0. The fraction of sp³-hybridized carbons (Fsp3) is 0.214. The maximum Gasteiger partial charge on any atom is 0.0998 e. The zero-order valence-corrected chi connectivity index (χ0v) is 10.2. The number of nitrogens with zero attached hydrogens (tertiary/aromatic N) is 1. The molecule has 0 atom stereocenters. The Balaban J connectivity index is 2.66. The summed E-state index contributed by atoms with van der Waals surface area (Å²) in [6, 6.07) is 14.3. The van der Waals surface area contributed by atoms with E-state index in [0.717, 1.165) is 10.9 Å². The van der Waals surface area contributed by atoms with Gasteiger partial charge in [-0.15, -0.1) is 11.8 Å².